The summed E-state index contributed by atoms with van der Waals surface area (Å²) in [6.07, 6.45) is 5.92. The zero-order chi connectivity index (χ0) is 11.6. The van der Waals surface area contributed by atoms with Crippen LogP contribution in [0, 0.1) is 0 Å². The Bertz CT molecular complexity index is 371. The molecular weight excluding hydrogens is 331 g/mol. The molecule has 1 atom stereocenters. The SMILES string of the molecule is C[C@@]1(Cl)CCCCc2cc(CI)ccc2C1. The Morgan fingerprint density at radius 2 is 2.12 bits per heavy atom. The van der Waals surface area contributed by atoms with Crippen molar-refractivity contribution in [3.05, 3.63) is 34.9 Å². The first-order valence-electron chi connectivity index (χ1n) is 5.96. The van der Waals surface area contributed by atoms with E-state index in [0.717, 1.165) is 17.3 Å². The van der Waals surface area contributed by atoms with Crippen molar-refractivity contribution in [2.75, 3.05) is 0 Å². The third-order valence-electron chi connectivity index (χ3n) is 3.38. The van der Waals surface area contributed by atoms with Gasteiger partial charge in [0.1, 0.15) is 0 Å². The topological polar surface area (TPSA) is 0 Å². The Hall–Kier alpha value is 0.240. The van der Waals surface area contributed by atoms with E-state index in [1.54, 1.807) is 0 Å². The number of halogens is 2. The molecule has 1 aliphatic rings. The van der Waals surface area contributed by atoms with Crippen LogP contribution >= 0.6 is 34.2 Å². The lowest BCUT2D eigenvalue weighted by atomic mass is 9.86. The maximum Gasteiger partial charge on any atom is 0.0459 e. The normalized spacial score (nSPS) is 25.7. The highest BCUT2D eigenvalue weighted by Gasteiger charge is 2.24. The van der Waals surface area contributed by atoms with Gasteiger partial charge in [0.25, 0.3) is 0 Å². The van der Waals surface area contributed by atoms with Crippen molar-refractivity contribution in [3.8, 4) is 0 Å². The van der Waals surface area contributed by atoms with Crippen LogP contribution in [0.4, 0.5) is 0 Å². The number of fused-ring (bicyclic) bond motifs is 1. The maximum absolute atomic E-state index is 6.55. The summed E-state index contributed by atoms with van der Waals surface area (Å²) in [5.74, 6) is 0. The second kappa shape index (κ2) is 5.26. The number of alkyl halides is 2. The van der Waals surface area contributed by atoms with Crippen LogP contribution in [-0.4, -0.2) is 4.87 Å². The Morgan fingerprint density at radius 1 is 1.31 bits per heavy atom. The van der Waals surface area contributed by atoms with Gasteiger partial charge in [-0.3, -0.25) is 0 Å². The minimum Gasteiger partial charge on any atom is -0.119 e. The molecule has 0 unspecified atom stereocenters. The van der Waals surface area contributed by atoms with E-state index < -0.39 is 0 Å². The molecule has 0 nitrogen and oxygen atoms in total. The third kappa shape index (κ3) is 3.13. The lowest BCUT2D eigenvalue weighted by Gasteiger charge is -2.26. The number of rotatable bonds is 1. The van der Waals surface area contributed by atoms with Crippen molar-refractivity contribution in [1.29, 1.82) is 0 Å². The molecule has 0 saturated carbocycles. The Labute approximate surface area is 117 Å². The summed E-state index contributed by atoms with van der Waals surface area (Å²) in [4.78, 5) is -0.0407. The molecule has 1 aliphatic carbocycles. The molecule has 0 aromatic heterocycles. The summed E-state index contributed by atoms with van der Waals surface area (Å²) in [5, 5.41) is 0. The zero-order valence-electron chi connectivity index (χ0n) is 9.73. The van der Waals surface area contributed by atoms with Crippen LogP contribution in [0.1, 0.15) is 42.9 Å². The molecule has 0 radical (unpaired) electrons. The standard InChI is InChI=1S/C14H18ClI/c1-14(15)7-3-2-4-12-8-11(10-16)5-6-13(12)9-14/h5-6,8H,2-4,7,9-10H2,1H3/t14-/m1/s1. The number of benzene rings is 1. The molecule has 0 heterocycles. The van der Waals surface area contributed by atoms with Crippen LogP contribution < -0.4 is 0 Å². The summed E-state index contributed by atoms with van der Waals surface area (Å²) < 4.78 is 1.10. The van der Waals surface area contributed by atoms with Gasteiger partial charge in [0.05, 0.1) is 0 Å². The predicted molar refractivity (Wildman–Crippen MR) is 79.7 cm³/mol. The number of hydrogen-bond acceptors (Lipinski definition) is 0. The van der Waals surface area contributed by atoms with Gasteiger partial charge in [0.2, 0.25) is 0 Å². The van der Waals surface area contributed by atoms with Crippen molar-refractivity contribution in [3.63, 3.8) is 0 Å². The van der Waals surface area contributed by atoms with Gasteiger partial charge in [-0.2, -0.15) is 0 Å². The average Bonchev–Trinajstić information content (AvgIpc) is 2.23. The number of aryl methyl sites for hydroxylation is 1. The molecule has 16 heavy (non-hydrogen) atoms. The number of hydrogen-bond donors (Lipinski definition) is 0. The van der Waals surface area contributed by atoms with Gasteiger partial charge in [0.15, 0.2) is 0 Å². The summed E-state index contributed by atoms with van der Waals surface area (Å²) in [6, 6.07) is 6.91. The van der Waals surface area contributed by atoms with Gasteiger partial charge < -0.3 is 0 Å². The molecule has 88 valence electrons. The first-order valence-corrected chi connectivity index (χ1v) is 7.87. The third-order valence-corrected chi connectivity index (χ3v) is 4.58. The van der Waals surface area contributed by atoms with E-state index in [9.17, 15) is 0 Å². The summed E-state index contributed by atoms with van der Waals surface area (Å²) in [5.41, 5.74) is 4.43. The molecule has 0 fully saturated rings. The van der Waals surface area contributed by atoms with Crippen LogP contribution in [-0.2, 0) is 17.3 Å². The van der Waals surface area contributed by atoms with Gasteiger partial charge in [-0.05, 0) is 49.3 Å². The molecule has 0 amide bonds. The highest BCUT2D eigenvalue weighted by molar-refractivity contribution is 14.1. The van der Waals surface area contributed by atoms with Crippen LogP contribution in [0.15, 0.2) is 18.2 Å². The summed E-state index contributed by atoms with van der Waals surface area (Å²) in [7, 11) is 0. The van der Waals surface area contributed by atoms with Gasteiger partial charge >= 0.3 is 0 Å². The van der Waals surface area contributed by atoms with Crippen molar-refractivity contribution in [1.82, 2.24) is 0 Å². The smallest absolute Gasteiger partial charge is 0.0459 e. The lowest BCUT2D eigenvalue weighted by Crippen LogP contribution is -2.22. The van der Waals surface area contributed by atoms with Crippen LogP contribution in [0.3, 0.4) is 0 Å². The Balaban J connectivity index is 2.32. The summed E-state index contributed by atoms with van der Waals surface area (Å²) in [6.45, 7) is 2.18. The highest BCUT2D eigenvalue weighted by atomic mass is 127. The highest BCUT2D eigenvalue weighted by Crippen LogP contribution is 2.32. The van der Waals surface area contributed by atoms with Crippen LogP contribution in [0.2, 0.25) is 0 Å². The molecule has 2 rings (SSSR count). The fourth-order valence-electron chi connectivity index (χ4n) is 2.46. The zero-order valence-corrected chi connectivity index (χ0v) is 12.6. The van der Waals surface area contributed by atoms with Crippen molar-refractivity contribution < 1.29 is 0 Å². The second-order valence-corrected chi connectivity index (χ2v) is 6.71. The molecular formula is C14H18ClI. The van der Waals surface area contributed by atoms with Crippen molar-refractivity contribution in [2.45, 2.75) is 48.3 Å². The van der Waals surface area contributed by atoms with E-state index in [0.29, 0.717) is 0 Å². The Kier molecular flexibility index (Phi) is 4.17. The van der Waals surface area contributed by atoms with E-state index in [1.807, 2.05) is 0 Å². The molecule has 0 saturated heterocycles. The predicted octanol–water partition coefficient (Wildman–Crippen LogP) is 4.89. The molecule has 0 aliphatic heterocycles. The van der Waals surface area contributed by atoms with Crippen LogP contribution in [0.25, 0.3) is 0 Å². The van der Waals surface area contributed by atoms with Crippen molar-refractivity contribution in [2.24, 2.45) is 0 Å². The molecule has 0 bridgehead atoms. The quantitative estimate of drug-likeness (QED) is 0.501. The maximum atomic E-state index is 6.55. The van der Waals surface area contributed by atoms with Gasteiger partial charge in [-0.15, -0.1) is 11.6 Å². The van der Waals surface area contributed by atoms with E-state index in [2.05, 4.69) is 47.7 Å². The minimum atomic E-state index is -0.0407. The fraction of sp³-hybridized carbons (Fsp3) is 0.571. The summed E-state index contributed by atoms with van der Waals surface area (Å²) >= 11 is 8.98. The van der Waals surface area contributed by atoms with Gasteiger partial charge in [-0.25, -0.2) is 0 Å². The molecule has 0 N–H and O–H groups in total. The minimum absolute atomic E-state index is 0.0407. The van der Waals surface area contributed by atoms with E-state index in [-0.39, 0.29) is 4.87 Å². The molecule has 0 spiro atoms. The molecule has 2 heteroatoms. The van der Waals surface area contributed by atoms with E-state index in [1.165, 1.54) is 36.0 Å². The lowest BCUT2D eigenvalue weighted by molar-refractivity contribution is 0.513. The Morgan fingerprint density at radius 3 is 2.88 bits per heavy atom. The molecule has 1 aromatic carbocycles. The second-order valence-electron chi connectivity index (χ2n) is 5.03. The first kappa shape index (κ1) is 12.7. The van der Waals surface area contributed by atoms with Gasteiger partial charge in [0, 0.05) is 9.30 Å². The first-order chi connectivity index (χ1) is 7.61. The van der Waals surface area contributed by atoms with Gasteiger partial charge in [-0.1, -0.05) is 47.2 Å². The van der Waals surface area contributed by atoms with E-state index >= 15 is 0 Å². The largest absolute Gasteiger partial charge is 0.119 e. The monoisotopic (exact) mass is 348 g/mol. The van der Waals surface area contributed by atoms with E-state index in [4.69, 9.17) is 11.6 Å². The van der Waals surface area contributed by atoms with Crippen LogP contribution in [0.5, 0.6) is 0 Å². The molecule has 1 aromatic rings. The van der Waals surface area contributed by atoms with Crippen molar-refractivity contribution >= 4 is 34.2 Å². The average molecular weight is 349 g/mol. The fourth-order valence-corrected chi connectivity index (χ4v) is 3.21.